The Hall–Kier alpha value is -3.98. The molecule has 0 unspecified atom stereocenters. The molecule has 1 aliphatic rings. The lowest BCUT2D eigenvalue weighted by atomic mass is 9.96. The molecule has 5 rings (SSSR count). The highest BCUT2D eigenvalue weighted by atomic mass is 32.2. The van der Waals surface area contributed by atoms with E-state index >= 15 is 0 Å². The Kier molecular flexibility index (Phi) is 9.37. The van der Waals surface area contributed by atoms with Crippen molar-refractivity contribution in [2.24, 2.45) is 5.92 Å². The third-order valence-electron chi connectivity index (χ3n) is 7.32. The Bertz CT molecular complexity index is 1530. The van der Waals surface area contributed by atoms with Crippen molar-refractivity contribution in [3.05, 3.63) is 126 Å². The number of benzene rings is 4. The van der Waals surface area contributed by atoms with Gasteiger partial charge in [-0.3, -0.25) is 9.69 Å². The average Bonchev–Trinajstić information content (AvgIpc) is 3.02. The van der Waals surface area contributed by atoms with Crippen LogP contribution < -0.4 is 10.1 Å². The number of nitrogens with zero attached hydrogens (tertiary/aromatic N) is 2. The van der Waals surface area contributed by atoms with Gasteiger partial charge in [-0.15, -0.1) is 0 Å². The molecule has 0 aromatic heterocycles. The van der Waals surface area contributed by atoms with E-state index in [1.54, 1.807) is 46.8 Å². The fourth-order valence-corrected chi connectivity index (χ4v) is 6.60. The molecule has 218 valence electrons. The quantitative estimate of drug-likeness (QED) is 0.245. The van der Waals surface area contributed by atoms with E-state index in [4.69, 9.17) is 4.74 Å². The molecule has 0 spiro atoms. The molecule has 0 bridgehead atoms. The van der Waals surface area contributed by atoms with Crippen LogP contribution in [0.5, 0.6) is 5.75 Å². The van der Waals surface area contributed by atoms with E-state index < -0.39 is 10.0 Å². The van der Waals surface area contributed by atoms with E-state index in [2.05, 4.69) is 34.5 Å². The summed E-state index contributed by atoms with van der Waals surface area (Å²) in [5.74, 6) is 0.531. The number of hydrogen-bond donors (Lipinski definition) is 1. The summed E-state index contributed by atoms with van der Waals surface area (Å²) in [6, 6.07) is 34.2. The van der Waals surface area contributed by atoms with Crippen molar-refractivity contribution >= 4 is 21.6 Å². The number of carbonyl (C=O) groups is 1. The van der Waals surface area contributed by atoms with Gasteiger partial charge in [0.25, 0.3) is 5.91 Å². The topological polar surface area (TPSA) is 78.9 Å². The number of amides is 1. The van der Waals surface area contributed by atoms with Gasteiger partial charge in [0.15, 0.2) is 0 Å². The highest BCUT2D eigenvalue weighted by Gasteiger charge is 2.32. The van der Waals surface area contributed by atoms with E-state index in [1.165, 1.54) is 11.1 Å². The lowest BCUT2D eigenvalue weighted by Crippen LogP contribution is -2.49. The standard InChI is InChI=1S/C34H37N3O4S/c1-26(2)25-41-32-16-10-9-15-31(32)34(38)35-29-17-19-30(20-18-29)42(39,40)37-23-21-36(22-24-37)33(27-11-5-3-6-12-27)28-13-7-4-8-14-28/h3-20,26,33H,21-25H2,1-2H3,(H,35,38). The van der Waals surface area contributed by atoms with Gasteiger partial charge in [-0.25, -0.2) is 8.42 Å². The first-order valence-corrected chi connectivity index (χ1v) is 15.7. The van der Waals surface area contributed by atoms with Crippen molar-refractivity contribution in [1.29, 1.82) is 0 Å². The van der Waals surface area contributed by atoms with Crippen molar-refractivity contribution < 1.29 is 17.9 Å². The zero-order chi connectivity index (χ0) is 29.5. The average molecular weight is 584 g/mol. The Labute approximate surface area is 248 Å². The van der Waals surface area contributed by atoms with Crippen molar-refractivity contribution in [3.63, 3.8) is 0 Å². The number of ether oxygens (including phenoxy) is 1. The molecule has 42 heavy (non-hydrogen) atoms. The summed E-state index contributed by atoms with van der Waals surface area (Å²) >= 11 is 0. The third-order valence-corrected chi connectivity index (χ3v) is 9.24. The van der Waals surface area contributed by atoms with Gasteiger partial charge in [0, 0.05) is 31.9 Å². The van der Waals surface area contributed by atoms with E-state index in [0.29, 0.717) is 55.7 Å². The van der Waals surface area contributed by atoms with Gasteiger partial charge in [-0.2, -0.15) is 4.31 Å². The van der Waals surface area contributed by atoms with Gasteiger partial charge in [0.2, 0.25) is 10.0 Å². The minimum absolute atomic E-state index is 0.0565. The summed E-state index contributed by atoms with van der Waals surface area (Å²) in [4.78, 5) is 15.5. The first-order valence-electron chi connectivity index (χ1n) is 14.3. The van der Waals surface area contributed by atoms with Crippen LogP contribution in [-0.2, 0) is 10.0 Å². The molecule has 1 saturated heterocycles. The van der Waals surface area contributed by atoms with E-state index in [-0.39, 0.29) is 16.8 Å². The van der Waals surface area contributed by atoms with Crippen LogP contribution in [-0.4, -0.2) is 56.3 Å². The molecule has 1 heterocycles. The molecule has 1 N–H and O–H groups in total. The van der Waals surface area contributed by atoms with Gasteiger partial charge < -0.3 is 10.1 Å². The van der Waals surface area contributed by atoms with Crippen molar-refractivity contribution in [2.45, 2.75) is 24.8 Å². The molecule has 7 nitrogen and oxygen atoms in total. The van der Waals surface area contributed by atoms with Crippen LogP contribution in [0.1, 0.15) is 41.4 Å². The third kappa shape index (κ3) is 6.90. The summed E-state index contributed by atoms with van der Waals surface area (Å²) in [5, 5.41) is 2.86. The van der Waals surface area contributed by atoms with Crippen molar-refractivity contribution in [2.75, 3.05) is 38.1 Å². The van der Waals surface area contributed by atoms with Gasteiger partial charge in [0.05, 0.1) is 23.1 Å². The molecule has 0 atom stereocenters. The zero-order valence-electron chi connectivity index (χ0n) is 24.0. The summed E-state index contributed by atoms with van der Waals surface area (Å²) < 4.78 is 34.4. The number of piperazine rings is 1. The number of rotatable bonds is 10. The van der Waals surface area contributed by atoms with E-state index in [1.807, 2.05) is 56.3 Å². The molecule has 4 aromatic carbocycles. The fourth-order valence-electron chi connectivity index (χ4n) is 5.18. The number of carbonyl (C=O) groups excluding carboxylic acids is 1. The van der Waals surface area contributed by atoms with Crippen LogP contribution in [0.2, 0.25) is 0 Å². The van der Waals surface area contributed by atoms with E-state index in [9.17, 15) is 13.2 Å². The Balaban J connectivity index is 1.24. The lowest BCUT2D eigenvalue weighted by molar-refractivity contribution is 0.102. The highest BCUT2D eigenvalue weighted by Crippen LogP contribution is 2.31. The lowest BCUT2D eigenvalue weighted by Gasteiger charge is -2.39. The second-order valence-corrected chi connectivity index (χ2v) is 12.8. The number of anilines is 1. The Morgan fingerprint density at radius 2 is 1.31 bits per heavy atom. The summed E-state index contributed by atoms with van der Waals surface area (Å²) in [5.41, 5.74) is 3.31. The van der Waals surface area contributed by atoms with Gasteiger partial charge in [-0.05, 0) is 53.4 Å². The van der Waals surface area contributed by atoms with Crippen LogP contribution in [0.15, 0.2) is 114 Å². The SMILES string of the molecule is CC(C)COc1ccccc1C(=O)Nc1ccc(S(=O)(=O)N2CCN(C(c3ccccc3)c3ccccc3)CC2)cc1. The zero-order valence-corrected chi connectivity index (χ0v) is 24.8. The van der Waals surface area contributed by atoms with Crippen LogP contribution in [0.25, 0.3) is 0 Å². The molecule has 1 fully saturated rings. The molecule has 0 saturated carbocycles. The summed E-state index contributed by atoms with van der Waals surface area (Å²) in [6.07, 6.45) is 0. The van der Waals surface area contributed by atoms with Gasteiger partial charge in [0.1, 0.15) is 5.75 Å². The Morgan fingerprint density at radius 1 is 0.762 bits per heavy atom. The minimum Gasteiger partial charge on any atom is -0.492 e. The fraction of sp³-hybridized carbons (Fsp3) is 0.265. The summed E-state index contributed by atoms with van der Waals surface area (Å²) in [7, 11) is -3.69. The molecule has 0 radical (unpaired) electrons. The monoisotopic (exact) mass is 583 g/mol. The molecule has 0 aliphatic carbocycles. The smallest absolute Gasteiger partial charge is 0.259 e. The van der Waals surface area contributed by atoms with Gasteiger partial charge >= 0.3 is 0 Å². The van der Waals surface area contributed by atoms with Crippen LogP contribution in [0, 0.1) is 5.92 Å². The first kappa shape index (κ1) is 29.5. The summed E-state index contributed by atoms with van der Waals surface area (Å²) in [6.45, 7) is 6.60. The predicted molar refractivity (Wildman–Crippen MR) is 166 cm³/mol. The number of hydrogen-bond acceptors (Lipinski definition) is 5. The molecule has 1 aliphatic heterocycles. The molecular formula is C34H37N3O4S. The number of nitrogens with one attached hydrogen (secondary N) is 1. The minimum atomic E-state index is -3.69. The van der Waals surface area contributed by atoms with Crippen LogP contribution in [0.4, 0.5) is 5.69 Å². The molecule has 1 amide bonds. The Morgan fingerprint density at radius 3 is 1.88 bits per heavy atom. The van der Waals surface area contributed by atoms with Crippen molar-refractivity contribution in [3.8, 4) is 5.75 Å². The van der Waals surface area contributed by atoms with Crippen molar-refractivity contribution in [1.82, 2.24) is 9.21 Å². The van der Waals surface area contributed by atoms with E-state index in [0.717, 1.165) is 0 Å². The van der Waals surface area contributed by atoms with Crippen LogP contribution in [0.3, 0.4) is 0 Å². The largest absolute Gasteiger partial charge is 0.492 e. The number of para-hydroxylation sites is 1. The van der Waals surface area contributed by atoms with Crippen LogP contribution >= 0.6 is 0 Å². The normalized spacial score (nSPS) is 14.7. The number of sulfonamides is 1. The maximum atomic E-state index is 13.5. The van der Waals surface area contributed by atoms with Gasteiger partial charge in [-0.1, -0.05) is 86.6 Å². The predicted octanol–water partition coefficient (Wildman–Crippen LogP) is 6.07. The maximum Gasteiger partial charge on any atom is 0.259 e. The molecule has 8 heteroatoms. The molecular weight excluding hydrogens is 546 g/mol. The second-order valence-electron chi connectivity index (χ2n) is 10.8. The second kappa shape index (κ2) is 13.3. The maximum absolute atomic E-state index is 13.5. The molecule has 4 aromatic rings. The first-order chi connectivity index (χ1) is 20.3. The highest BCUT2D eigenvalue weighted by molar-refractivity contribution is 7.89.